The van der Waals surface area contributed by atoms with Gasteiger partial charge in [-0.25, -0.2) is 0 Å². The van der Waals surface area contributed by atoms with Gasteiger partial charge in [0, 0.05) is 15.6 Å². The topological polar surface area (TPSA) is 35.2 Å². The quantitative estimate of drug-likeness (QED) is 0.832. The Morgan fingerprint density at radius 3 is 2.44 bits per heavy atom. The van der Waals surface area contributed by atoms with Crippen molar-refractivity contribution in [2.75, 3.05) is 0 Å². The Morgan fingerprint density at radius 2 is 1.83 bits per heavy atom. The molecule has 0 saturated carbocycles. The third kappa shape index (κ3) is 3.22. The lowest BCUT2D eigenvalue weighted by molar-refractivity contribution is 0.481. The molecule has 18 heavy (non-hydrogen) atoms. The maximum Gasteiger partial charge on any atom is 0.139 e. The fourth-order valence-corrected chi connectivity index (χ4v) is 2.01. The zero-order chi connectivity index (χ0) is 13.1. The largest absolute Gasteiger partial charge is 0.457 e. The van der Waals surface area contributed by atoms with Gasteiger partial charge in [0.2, 0.25) is 0 Å². The van der Waals surface area contributed by atoms with Gasteiger partial charge >= 0.3 is 0 Å². The summed E-state index contributed by atoms with van der Waals surface area (Å²) in [5, 5.41) is 0.571. The number of thiocarbonyl (C=S) groups is 1. The Bertz CT molecular complexity index is 586. The minimum absolute atomic E-state index is 0.277. The summed E-state index contributed by atoms with van der Waals surface area (Å²) in [5.41, 5.74) is 6.31. The van der Waals surface area contributed by atoms with E-state index in [1.165, 1.54) is 0 Å². The van der Waals surface area contributed by atoms with Crippen molar-refractivity contribution in [2.24, 2.45) is 5.73 Å². The number of rotatable bonds is 3. The van der Waals surface area contributed by atoms with Crippen LogP contribution in [0.15, 0.2) is 46.9 Å². The van der Waals surface area contributed by atoms with E-state index < -0.39 is 0 Å². The first-order chi connectivity index (χ1) is 8.56. The Morgan fingerprint density at radius 1 is 1.17 bits per heavy atom. The van der Waals surface area contributed by atoms with Crippen molar-refractivity contribution in [3.63, 3.8) is 0 Å². The van der Waals surface area contributed by atoms with Crippen molar-refractivity contribution in [3.8, 4) is 11.5 Å². The van der Waals surface area contributed by atoms with Crippen molar-refractivity contribution in [2.45, 2.75) is 0 Å². The Balaban J connectivity index is 2.35. The Kier molecular flexibility index (Phi) is 4.22. The number of nitrogens with two attached hydrogens (primary N) is 1. The van der Waals surface area contributed by atoms with Crippen molar-refractivity contribution in [3.05, 3.63) is 57.5 Å². The van der Waals surface area contributed by atoms with Crippen molar-refractivity contribution >= 4 is 44.7 Å². The molecule has 0 amide bonds. The molecule has 0 spiro atoms. The van der Waals surface area contributed by atoms with E-state index in [9.17, 15) is 0 Å². The van der Waals surface area contributed by atoms with E-state index in [0.29, 0.717) is 22.1 Å². The number of hydrogen-bond acceptors (Lipinski definition) is 2. The molecule has 0 saturated heterocycles. The first-order valence-corrected chi connectivity index (χ1v) is 6.67. The van der Waals surface area contributed by atoms with E-state index in [1.54, 1.807) is 18.2 Å². The predicted molar refractivity (Wildman–Crippen MR) is 81.6 cm³/mol. The van der Waals surface area contributed by atoms with Crippen molar-refractivity contribution in [1.82, 2.24) is 0 Å². The zero-order valence-corrected chi connectivity index (χ0v) is 12.3. The highest BCUT2D eigenvalue weighted by molar-refractivity contribution is 9.10. The molecule has 0 aliphatic rings. The third-order valence-electron chi connectivity index (χ3n) is 2.25. The minimum atomic E-state index is 0.277. The molecule has 5 heteroatoms. The molecule has 0 aliphatic carbocycles. The number of benzene rings is 2. The van der Waals surface area contributed by atoms with Gasteiger partial charge in [-0.15, -0.1) is 0 Å². The third-order valence-corrected chi connectivity index (χ3v) is 3.23. The fourth-order valence-electron chi connectivity index (χ4n) is 1.41. The van der Waals surface area contributed by atoms with Crippen LogP contribution in [0.3, 0.4) is 0 Å². The van der Waals surface area contributed by atoms with Crippen LogP contribution < -0.4 is 10.5 Å². The number of hydrogen-bond donors (Lipinski definition) is 1. The molecule has 2 aromatic carbocycles. The molecule has 2 aromatic rings. The molecular formula is C13H9BrClNOS. The second kappa shape index (κ2) is 5.69. The average molecular weight is 343 g/mol. The lowest BCUT2D eigenvalue weighted by Gasteiger charge is -2.10. The van der Waals surface area contributed by atoms with Gasteiger partial charge in [-0.2, -0.15) is 0 Å². The Hall–Kier alpha value is -1.10. The molecule has 92 valence electrons. The standard InChI is InChI=1S/C13H9BrClNOS/c14-8-1-4-10(5-2-8)17-12-7-9(15)3-6-11(12)13(16)18/h1-7H,(H2,16,18). The molecule has 2 rings (SSSR count). The van der Waals surface area contributed by atoms with E-state index in [1.807, 2.05) is 24.3 Å². The van der Waals surface area contributed by atoms with Gasteiger partial charge in [0.25, 0.3) is 0 Å². The van der Waals surface area contributed by atoms with E-state index >= 15 is 0 Å². The summed E-state index contributed by atoms with van der Waals surface area (Å²) in [6.45, 7) is 0. The molecule has 0 bridgehead atoms. The minimum Gasteiger partial charge on any atom is -0.457 e. The highest BCUT2D eigenvalue weighted by atomic mass is 79.9. The van der Waals surface area contributed by atoms with E-state index in [2.05, 4.69) is 15.9 Å². The average Bonchev–Trinajstić information content (AvgIpc) is 2.32. The lowest BCUT2D eigenvalue weighted by Crippen LogP contribution is -2.10. The first-order valence-electron chi connectivity index (χ1n) is 5.09. The highest BCUT2D eigenvalue weighted by Gasteiger charge is 2.08. The van der Waals surface area contributed by atoms with Gasteiger partial charge in [0.15, 0.2) is 0 Å². The maximum atomic E-state index is 5.94. The predicted octanol–water partition coefficient (Wildman–Crippen LogP) is 4.53. The molecule has 0 fully saturated rings. The molecule has 0 aliphatic heterocycles. The van der Waals surface area contributed by atoms with Gasteiger partial charge in [-0.1, -0.05) is 39.7 Å². The zero-order valence-electron chi connectivity index (χ0n) is 9.19. The molecule has 2 nitrogen and oxygen atoms in total. The molecule has 2 N–H and O–H groups in total. The summed E-state index contributed by atoms with van der Waals surface area (Å²) in [5.74, 6) is 1.25. The molecule has 0 unspecified atom stereocenters. The first kappa shape index (κ1) is 13.3. The van der Waals surface area contributed by atoms with Crippen LogP contribution in [0, 0.1) is 0 Å². The smallest absolute Gasteiger partial charge is 0.139 e. The fraction of sp³-hybridized carbons (Fsp3) is 0. The maximum absolute atomic E-state index is 5.94. The van der Waals surface area contributed by atoms with Crippen molar-refractivity contribution in [1.29, 1.82) is 0 Å². The van der Waals surface area contributed by atoms with Crippen molar-refractivity contribution < 1.29 is 4.74 Å². The summed E-state index contributed by atoms with van der Waals surface area (Å²) in [7, 11) is 0. The van der Waals surface area contributed by atoms with E-state index in [0.717, 1.165) is 4.47 Å². The second-order valence-corrected chi connectivity index (χ2v) is 5.35. The summed E-state index contributed by atoms with van der Waals surface area (Å²) < 4.78 is 6.72. The van der Waals surface area contributed by atoms with Crippen LogP contribution in [0.25, 0.3) is 0 Å². The summed E-state index contributed by atoms with van der Waals surface area (Å²) in [6, 6.07) is 12.6. The molecule has 0 heterocycles. The van der Waals surface area contributed by atoms with Gasteiger partial charge in [0.05, 0.1) is 5.56 Å². The monoisotopic (exact) mass is 341 g/mol. The Labute approximate surface area is 124 Å². The molecule has 0 aromatic heterocycles. The van der Waals surface area contributed by atoms with Crippen LogP contribution >= 0.6 is 39.7 Å². The van der Waals surface area contributed by atoms with E-state index in [-0.39, 0.29) is 4.99 Å². The molecule has 0 atom stereocenters. The van der Waals surface area contributed by atoms with Crippen LogP contribution in [-0.4, -0.2) is 4.99 Å². The molecular weight excluding hydrogens is 334 g/mol. The van der Waals surface area contributed by atoms with Crippen LogP contribution in [0.2, 0.25) is 5.02 Å². The SMILES string of the molecule is NC(=S)c1ccc(Cl)cc1Oc1ccc(Br)cc1. The van der Waals surface area contributed by atoms with Gasteiger partial charge in [-0.05, 0) is 36.4 Å². The van der Waals surface area contributed by atoms with Gasteiger partial charge in [-0.3, -0.25) is 0 Å². The number of ether oxygens (including phenoxy) is 1. The van der Waals surface area contributed by atoms with Gasteiger partial charge < -0.3 is 10.5 Å². The van der Waals surface area contributed by atoms with Crippen LogP contribution in [0.1, 0.15) is 5.56 Å². The van der Waals surface area contributed by atoms with Crippen LogP contribution in [0.5, 0.6) is 11.5 Å². The van der Waals surface area contributed by atoms with Crippen LogP contribution in [-0.2, 0) is 0 Å². The number of halogens is 2. The normalized spacial score (nSPS) is 10.1. The second-order valence-electron chi connectivity index (χ2n) is 3.56. The summed E-state index contributed by atoms with van der Waals surface area (Å²) in [4.78, 5) is 0.277. The van der Waals surface area contributed by atoms with Crippen LogP contribution in [0.4, 0.5) is 0 Å². The molecule has 0 radical (unpaired) electrons. The summed E-state index contributed by atoms with van der Waals surface area (Å²) >= 11 is 14.3. The van der Waals surface area contributed by atoms with E-state index in [4.69, 9.17) is 34.3 Å². The highest BCUT2D eigenvalue weighted by Crippen LogP contribution is 2.29. The van der Waals surface area contributed by atoms with Gasteiger partial charge in [0.1, 0.15) is 16.5 Å². The summed E-state index contributed by atoms with van der Waals surface area (Å²) in [6.07, 6.45) is 0. The lowest BCUT2D eigenvalue weighted by atomic mass is 10.2.